The number of hydrogen-bond donors (Lipinski definition) is 4. The van der Waals surface area contributed by atoms with Crippen molar-refractivity contribution in [2.24, 2.45) is 5.41 Å². The predicted octanol–water partition coefficient (Wildman–Crippen LogP) is 5.40. The molecule has 0 bridgehead atoms. The molecular weight excluding hydrogens is 583 g/mol. The van der Waals surface area contributed by atoms with E-state index < -0.39 is 21.3 Å². The molecule has 1 amide bonds. The van der Waals surface area contributed by atoms with E-state index in [1.165, 1.54) is 12.1 Å². The van der Waals surface area contributed by atoms with Crippen LogP contribution in [0.3, 0.4) is 0 Å². The zero-order valence-corrected chi connectivity index (χ0v) is 25.2. The summed E-state index contributed by atoms with van der Waals surface area (Å²) in [7, 11) is -3.44. The van der Waals surface area contributed by atoms with Crippen LogP contribution in [0.2, 0.25) is 0 Å². The molecule has 0 aliphatic carbocycles. The van der Waals surface area contributed by atoms with Crippen LogP contribution in [0.4, 0.5) is 10.1 Å². The Bertz CT molecular complexity index is 2170. The fourth-order valence-corrected chi connectivity index (χ4v) is 5.15. The molecule has 6 aromatic rings. The van der Waals surface area contributed by atoms with E-state index >= 15 is 0 Å². The number of carbonyl (C=O) groups excluding carboxylic acids is 1. The van der Waals surface area contributed by atoms with E-state index in [4.69, 9.17) is 4.98 Å². The number of rotatable bonds is 7. The Hall–Kier alpha value is -5.01. The van der Waals surface area contributed by atoms with E-state index in [0.29, 0.717) is 56.2 Å². The molecule has 0 fully saturated rings. The minimum Gasteiger partial charge on any atom is -0.337 e. The number of benzene rings is 2. The Morgan fingerprint density at radius 2 is 1.82 bits per heavy atom. The number of halogens is 1. The van der Waals surface area contributed by atoms with Gasteiger partial charge in [0.1, 0.15) is 11.5 Å². The Labute approximate surface area is 252 Å². The molecule has 0 unspecified atom stereocenters. The van der Waals surface area contributed by atoms with Gasteiger partial charge in [-0.1, -0.05) is 32.9 Å². The number of carbonyl (C=O) groups is 1. The summed E-state index contributed by atoms with van der Waals surface area (Å²) >= 11 is 0. The maximum Gasteiger partial charge on any atom is 0.229 e. The van der Waals surface area contributed by atoms with Gasteiger partial charge in [0.05, 0.1) is 46.6 Å². The fourth-order valence-electron chi connectivity index (χ4n) is 4.72. The molecule has 224 valence electrons. The van der Waals surface area contributed by atoms with Crippen LogP contribution in [-0.2, 0) is 21.4 Å². The number of amides is 1. The third-order valence-electron chi connectivity index (χ3n) is 6.96. The summed E-state index contributed by atoms with van der Waals surface area (Å²) in [6, 6.07) is 13.6. The molecule has 6 rings (SSSR count). The standard InChI is InChI=1S/C31H29FN8O3S/c1-31(2,3)30(41)36-21-11-19(14-33-15-21)25-12-23-26(16-34-25)39-40-28(23)29-37-24-7-5-6-22(27(24)38-29)18-8-17(9-20(32)10-18)13-35-44(4,42)43/h5-12,14-16,35H,13H2,1-4H3,(H,36,41)(H,37,38)(H,39,40). The average molecular weight is 613 g/mol. The SMILES string of the molecule is CC(C)(C)C(=O)Nc1cncc(-c2cc3c(-c4nc5c(-c6cc(F)cc(CNS(C)(=O)=O)c6)cccc5[nH]4)n[nH]c3cn2)c1. The Morgan fingerprint density at radius 1 is 1.00 bits per heavy atom. The number of sulfonamides is 1. The zero-order chi connectivity index (χ0) is 31.2. The summed E-state index contributed by atoms with van der Waals surface area (Å²) in [6.07, 6.45) is 5.99. The van der Waals surface area contributed by atoms with E-state index in [2.05, 4.69) is 35.2 Å². The lowest BCUT2D eigenvalue weighted by atomic mass is 9.95. The van der Waals surface area contributed by atoms with Gasteiger partial charge >= 0.3 is 0 Å². The molecule has 13 heteroatoms. The molecule has 0 spiro atoms. The zero-order valence-electron chi connectivity index (χ0n) is 24.4. The first kappa shape index (κ1) is 29.1. The minimum atomic E-state index is -3.44. The summed E-state index contributed by atoms with van der Waals surface area (Å²) in [6.45, 7) is 5.48. The van der Waals surface area contributed by atoms with Crippen molar-refractivity contribution in [1.82, 2.24) is 34.9 Å². The Kier molecular flexibility index (Phi) is 7.22. The lowest BCUT2D eigenvalue weighted by Crippen LogP contribution is -2.27. The Balaban J connectivity index is 1.37. The summed E-state index contributed by atoms with van der Waals surface area (Å²) < 4.78 is 40.1. The molecule has 4 aromatic heterocycles. The van der Waals surface area contributed by atoms with E-state index in [1.54, 1.807) is 24.7 Å². The summed E-state index contributed by atoms with van der Waals surface area (Å²) in [4.78, 5) is 29.5. The second-order valence-electron chi connectivity index (χ2n) is 11.6. The second-order valence-corrected chi connectivity index (χ2v) is 13.4. The number of H-pyrrole nitrogens is 2. The molecule has 11 nitrogen and oxygen atoms in total. The van der Waals surface area contributed by atoms with Crippen LogP contribution in [0.15, 0.2) is 67.1 Å². The molecule has 4 heterocycles. The van der Waals surface area contributed by atoms with Crippen LogP contribution in [0.5, 0.6) is 0 Å². The molecule has 0 atom stereocenters. The van der Waals surface area contributed by atoms with Crippen LogP contribution < -0.4 is 10.0 Å². The molecule has 0 saturated carbocycles. The first-order valence-corrected chi connectivity index (χ1v) is 15.6. The number of anilines is 1. The van der Waals surface area contributed by atoms with Gasteiger partial charge in [0, 0.05) is 34.7 Å². The number of imidazole rings is 1. The molecule has 0 aliphatic rings. The van der Waals surface area contributed by atoms with Crippen molar-refractivity contribution < 1.29 is 17.6 Å². The van der Waals surface area contributed by atoms with Crippen LogP contribution in [0.1, 0.15) is 26.3 Å². The highest BCUT2D eigenvalue weighted by atomic mass is 32.2. The van der Waals surface area contributed by atoms with Gasteiger partial charge in [-0.3, -0.25) is 19.9 Å². The highest BCUT2D eigenvalue weighted by Crippen LogP contribution is 2.33. The summed E-state index contributed by atoms with van der Waals surface area (Å²) in [5.74, 6) is -0.118. The average Bonchev–Trinajstić information content (AvgIpc) is 3.59. The smallest absolute Gasteiger partial charge is 0.229 e. The molecule has 44 heavy (non-hydrogen) atoms. The topological polar surface area (TPSA) is 158 Å². The van der Waals surface area contributed by atoms with Crippen molar-refractivity contribution in [2.45, 2.75) is 27.3 Å². The molecule has 0 aliphatic heterocycles. The lowest BCUT2D eigenvalue weighted by Gasteiger charge is -2.17. The largest absolute Gasteiger partial charge is 0.337 e. The number of aromatic nitrogens is 6. The second kappa shape index (κ2) is 10.9. The van der Waals surface area contributed by atoms with Crippen molar-refractivity contribution in [3.05, 3.63) is 78.5 Å². The first-order chi connectivity index (χ1) is 20.8. The van der Waals surface area contributed by atoms with E-state index in [-0.39, 0.29) is 12.5 Å². The van der Waals surface area contributed by atoms with Crippen molar-refractivity contribution in [1.29, 1.82) is 0 Å². The predicted molar refractivity (Wildman–Crippen MR) is 167 cm³/mol. The third kappa shape index (κ3) is 6.05. The maximum atomic E-state index is 14.6. The van der Waals surface area contributed by atoms with Gasteiger partial charge in [-0.05, 0) is 47.5 Å². The van der Waals surface area contributed by atoms with Crippen LogP contribution in [-0.4, -0.2) is 50.7 Å². The molecule has 0 radical (unpaired) electrons. The monoisotopic (exact) mass is 612 g/mol. The van der Waals surface area contributed by atoms with Gasteiger partial charge in [0.25, 0.3) is 0 Å². The quantitative estimate of drug-likeness (QED) is 0.188. The van der Waals surface area contributed by atoms with Gasteiger partial charge < -0.3 is 10.3 Å². The number of nitrogens with one attached hydrogen (secondary N) is 4. The van der Waals surface area contributed by atoms with Gasteiger partial charge in [0.15, 0.2) is 5.82 Å². The minimum absolute atomic E-state index is 0.0393. The third-order valence-corrected chi connectivity index (χ3v) is 7.63. The molecule has 0 saturated heterocycles. The van der Waals surface area contributed by atoms with E-state index in [9.17, 15) is 17.6 Å². The van der Waals surface area contributed by atoms with E-state index in [1.807, 2.05) is 51.1 Å². The first-order valence-electron chi connectivity index (χ1n) is 13.7. The number of para-hydroxylation sites is 1. The van der Waals surface area contributed by atoms with Gasteiger partial charge in [-0.15, -0.1) is 0 Å². The van der Waals surface area contributed by atoms with Gasteiger partial charge in [-0.2, -0.15) is 5.10 Å². The van der Waals surface area contributed by atoms with Crippen molar-refractivity contribution in [2.75, 3.05) is 11.6 Å². The number of hydrogen-bond acceptors (Lipinski definition) is 7. The van der Waals surface area contributed by atoms with Gasteiger partial charge in [-0.25, -0.2) is 22.5 Å². The van der Waals surface area contributed by atoms with E-state index in [0.717, 1.165) is 17.2 Å². The van der Waals surface area contributed by atoms with Crippen molar-refractivity contribution >= 4 is 43.6 Å². The lowest BCUT2D eigenvalue weighted by molar-refractivity contribution is -0.123. The van der Waals surface area contributed by atoms with Crippen LogP contribution in [0, 0.1) is 11.2 Å². The highest BCUT2D eigenvalue weighted by Gasteiger charge is 2.22. The van der Waals surface area contributed by atoms with Crippen molar-refractivity contribution in [3.63, 3.8) is 0 Å². The summed E-state index contributed by atoms with van der Waals surface area (Å²) in [5.41, 5.74) is 5.64. The number of aromatic amines is 2. The van der Waals surface area contributed by atoms with Gasteiger partial charge in [0.2, 0.25) is 15.9 Å². The van der Waals surface area contributed by atoms with Crippen molar-refractivity contribution in [3.8, 4) is 33.9 Å². The summed E-state index contributed by atoms with van der Waals surface area (Å²) in [5, 5.41) is 11.2. The fraction of sp³-hybridized carbons (Fsp3) is 0.194. The number of pyridine rings is 2. The van der Waals surface area contributed by atoms with Crippen LogP contribution in [0.25, 0.3) is 55.8 Å². The van der Waals surface area contributed by atoms with Crippen LogP contribution >= 0.6 is 0 Å². The molecule has 2 aromatic carbocycles. The Morgan fingerprint density at radius 3 is 2.59 bits per heavy atom. The highest BCUT2D eigenvalue weighted by molar-refractivity contribution is 7.88. The molecular formula is C31H29FN8O3S. The normalized spacial score (nSPS) is 12.2. The number of nitrogens with zero attached hydrogens (tertiary/aromatic N) is 4. The molecule has 4 N–H and O–H groups in total. The number of fused-ring (bicyclic) bond motifs is 2. The maximum absolute atomic E-state index is 14.6.